The second-order valence-corrected chi connectivity index (χ2v) is 9.59. The Morgan fingerprint density at radius 1 is 1.17 bits per heavy atom. The number of carbonyl (C=O) groups is 1. The lowest BCUT2D eigenvalue weighted by molar-refractivity contribution is 0.154. The largest absolute Gasteiger partial charge is 0.465 e. The molecule has 3 rings (SSSR count). The van der Waals surface area contributed by atoms with Gasteiger partial charge in [-0.3, -0.25) is 4.90 Å². The Bertz CT molecular complexity index is 691. The second-order valence-electron chi connectivity index (χ2n) is 9.59. The molecule has 2 heterocycles. The van der Waals surface area contributed by atoms with Gasteiger partial charge in [0.05, 0.1) is 0 Å². The number of anilines is 1. The third-order valence-electron chi connectivity index (χ3n) is 6.17. The molecule has 2 aliphatic rings. The van der Waals surface area contributed by atoms with Gasteiger partial charge < -0.3 is 14.9 Å². The van der Waals surface area contributed by atoms with Crippen LogP contribution < -0.4 is 4.90 Å². The first-order valence-corrected chi connectivity index (χ1v) is 11.0. The molecule has 1 N–H and O–H groups in total. The van der Waals surface area contributed by atoms with Crippen LogP contribution in [0.5, 0.6) is 0 Å². The molecule has 2 fully saturated rings. The molecule has 0 spiro atoms. The van der Waals surface area contributed by atoms with Gasteiger partial charge in [0.1, 0.15) is 11.6 Å². The minimum atomic E-state index is -0.848. The molecule has 0 atom stereocenters. The summed E-state index contributed by atoms with van der Waals surface area (Å²) in [6, 6.07) is 2.23. The topological polar surface area (TPSA) is 72.8 Å². The van der Waals surface area contributed by atoms with Crippen molar-refractivity contribution in [2.24, 2.45) is 0 Å². The van der Waals surface area contributed by atoms with E-state index < -0.39 is 6.09 Å². The van der Waals surface area contributed by atoms with Crippen LogP contribution >= 0.6 is 0 Å². The van der Waals surface area contributed by atoms with E-state index in [2.05, 4.69) is 36.6 Å². The number of piperazine rings is 1. The van der Waals surface area contributed by atoms with Gasteiger partial charge in [0.15, 0.2) is 0 Å². The number of hydrogen-bond acceptors (Lipinski definition) is 5. The number of aromatic nitrogens is 2. The summed E-state index contributed by atoms with van der Waals surface area (Å²) in [4.78, 5) is 27.0. The van der Waals surface area contributed by atoms with E-state index in [1.165, 1.54) is 29.9 Å². The molecule has 1 aliphatic carbocycles. The van der Waals surface area contributed by atoms with E-state index in [-0.39, 0.29) is 5.41 Å². The van der Waals surface area contributed by atoms with E-state index in [1.807, 2.05) is 0 Å². The molecule has 29 heavy (non-hydrogen) atoms. The molecular formula is C22H37N5O2. The maximum absolute atomic E-state index is 10.8. The number of amides is 1. The van der Waals surface area contributed by atoms with E-state index >= 15 is 0 Å². The second kappa shape index (κ2) is 9.28. The molecule has 1 aliphatic heterocycles. The minimum Gasteiger partial charge on any atom is -0.465 e. The van der Waals surface area contributed by atoms with Crippen LogP contribution in [0.2, 0.25) is 0 Å². The van der Waals surface area contributed by atoms with Crippen LogP contribution in [0.4, 0.5) is 10.6 Å². The van der Waals surface area contributed by atoms with E-state index in [9.17, 15) is 4.79 Å². The van der Waals surface area contributed by atoms with Crippen molar-refractivity contribution in [2.75, 3.05) is 51.2 Å². The van der Waals surface area contributed by atoms with Crippen LogP contribution in [0.3, 0.4) is 0 Å². The van der Waals surface area contributed by atoms with E-state index in [0.29, 0.717) is 12.5 Å². The van der Waals surface area contributed by atoms with Crippen molar-refractivity contribution in [1.29, 1.82) is 0 Å². The highest BCUT2D eigenvalue weighted by molar-refractivity contribution is 5.64. The first-order chi connectivity index (χ1) is 13.7. The lowest BCUT2D eigenvalue weighted by Gasteiger charge is -2.36. The van der Waals surface area contributed by atoms with Crippen LogP contribution in [0, 0.1) is 0 Å². The fraction of sp³-hybridized carbons (Fsp3) is 0.773. The van der Waals surface area contributed by atoms with Gasteiger partial charge in [-0.2, -0.15) is 0 Å². The maximum Gasteiger partial charge on any atom is 0.407 e. The van der Waals surface area contributed by atoms with Gasteiger partial charge in [-0.25, -0.2) is 14.8 Å². The molecule has 0 aromatic carbocycles. The van der Waals surface area contributed by atoms with Crippen molar-refractivity contribution in [1.82, 2.24) is 19.8 Å². The molecule has 1 saturated carbocycles. The number of nitrogens with zero attached hydrogens (tertiary/aromatic N) is 5. The Balaban J connectivity index is 1.54. The molecule has 1 aromatic rings. The summed E-state index contributed by atoms with van der Waals surface area (Å²) >= 11 is 0. The minimum absolute atomic E-state index is 0.0422. The van der Waals surface area contributed by atoms with Crippen molar-refractivity contribution < 1.29 is 9.90 Å². The van der Waals surface area contributed by atoms with Crippen LogP contribution in [0.15, 0.2) is 6.07 Å². The molecule has 7 nitrogen and oxygen atoms in total. The van der Waals surface area contributed by atoms with Gasteiger partial charge in [0, 0.05) is 62.9 Å². The van der Waals surface area contributed by atoms with Crippen LogP contribution in [-0.2, 0) is 5.41 Å². The average Bonchev–Trinajstić information content (AvgIpc) is 2.63. The molecule has 1 saturated heterocycles. The number of rotatable bonds is 7. The summed E-state index contributed by atoms with van der Waals surface area (Å²) in [7, 11) is 1.63. The lowest BCUT2D eigenvalue weighted by atomic mass is 9.82. The van der Waals surface area contributed by atoms with E-state index in [4.69, 9.17) is 15.1 Å². The van der Waals surface area contributed by atoms with Crippen LogP contribution in [0.25, 0.3) is 0 Å². The van der Waals surface area contributed by atoms with Gasteiger partial charge >= 0.3 is 6.09 Å². The van der Waals surface area contributed by atoms with Crippen molar-refractivity contribution >= 4 is 11.9 Å². The zero-order chi connectivity index (χ0) is 21.0. The lowest BCUT2D eigenvalue weighted by Crippen LogP contribution is -2.47. The van der Waals surface area contributed by atoms with Gasteiger partial charge in [-0.15, -0.1) is 0 Å². The van der Waals surface area contributed by atoms with Gasteiger partial charge in [-0.05, 0) is 32.2 Å². The van der Waals surface area contributed by atoms with E-state index in [1.54, 1.807) is 7.05 Å². The Morgan fingerprint density at radius 2 is 1.86 bits per heavy atom. The maximum atomic E-state index is 10.8. The number of hydrogen-bond donors (Lipinski definition) is 1. The highest BCUT2D eigenvalue weighted by Crippen LogP contribution is 2.37. The Kier molecular flexibility index (Phi) is 6.98. The molecule has 0 unspecified atom stereocenters. The molecular weight excluding hydrogens is 366 g/mol. The average molecular weight is 404 g/mol. The van der Waals surface area contributed by atoms with Crippen molar-refractivity contribution in [3.63, 3.8) is 0 Å². The van der Waals surface area contributed by atoms with Crippen molar-refractivity contribution in [3.8, 4) is 0 Å². The monoisotopic (exact) mass is 403 g/mol. The highest BCUT2D eigenvalue weighted by atomic mass is 16.4. The molecule has 1 aromatic heterocycles. The quantitative estimate of drug-likeness (QED) is 0.702. The highest BCUT2D eigenvalue weighted by Gasteiger charge is 2.27. The molecule has 1 amide bonds. The fourth-order valence-corrected chi connectivity index (χ4v) is 3.84. The summed E-state index contributed by atoms with van der Waals surface area (Å²) in [5.41, 5.74) is 1.19. The number of carboxylic acid groups (broad SMARTS) is 1. The molecule has 0 radical (unpaired) electrons. The fourth-order valence-electron chi connectivity index (χ4n) is 3.84. The summed E-state index contributed by atoms with van der Waals surface area (Å²) in [5.74, 6) is 2.67. The van der Waals surface area contributed by atoms with Gasteiger partial charge in [0.25, 0.3) is 0 Å². The zero-order valence-electron chi connectivity index (χ0n) is 18.5. The smallest absolute Gasteiger partial charge is 0.407 e. The summed E-state index contributed by atoms with van der Waals surface area (Å²) < 4.78 is 0. The normalized spacial score (nSPS) is 18.6. The summed E-state index contributed by atoms with van der Waals surface area (Å²) in [6.45, 7) is 12.2. The Labute approximate surface area is 175 Å². The third kappa shape index (κ3) is 5.81. The zero-order valence-corrected chi connectivity index (χ0v) is 18.5. The predicted molar refractivity (Wildman–Crippen MR) is 116 cm³/mol. The van der Waals surface area contributed by atoms with Crippen LogP contribution in [0.1, 0.15) is 70.3 Å². The first-order valence-electron chi connectivity index (χ1n) is 11.0. The van der Waals surface area contributed by atoms with Crippen LogP contribution in [-0.4, -0.2) is 77.3 Å². The third-order valence-corrected chi connectivity index (χ3v) is 6.17. The predicted octanol–water partition coefficient (Wildman–Crippen LogP) is 3.55. The van der Waals surface area contributed by atoms with Gasteiger partial charge in [0.2, 0.25) is 0 Å². The summed E-state index contributed by atoms with van der Waals surface area (Å²) in [5, 5.41) is 8.91. The molecule has 7 heteroatoms. The number of unbranched alkanes of at least 4 members (excludes halogenated alkanes) is 1. The summed E-state index contributed by atoms with van der Waals surface area (Å²) in [6.07, 6.45) is 4.92. The molecule has 162 valence electrons. The van der Waals surface area contributed by atoms with Gasteiger partial charge in [-0.1, -0.05) is 27.2 Å². The first kappa shape index (κ1) is 21.8. The molecule has 0 bridgehead atoms. The Morgan fingerprint density at radius 3 is 2.41 bits per heavy atom. The van der Waals surface area contributed by atoms with Crippen molar-refractivity contribution in [2.45, 2.75) is 64.2 Å². The van der Waals surface area contributed by atoms with Crippen molar-refractivity contribution in [3.05, 3.63) is 17.6 Å². The standard InChI is InChI=1S/C22H37N5O2/c1-22(2,3)20-23-18(17-8-7-9-17)16-19(24-20)27-14-12-26(13-15-27)11-6-5-10-25(4)21(28)29/h16-17H,5-15H2,1-4H3,(H,28,29). The SMILES string of the molecule is CN(CCCCN1CCN(c2cc(C3CCC3)nc(C(C)(C)C)n2)CC1)C(=O)O. The Hall–Kier alpha value is -1.89. The van der Waals surface area contributed by atoms with E-state index in [0.717, 1.165) is 57.2 Å².